The second-order valence-corrected chi connectivity index (χ2v) is 5.57. The van der Waals surface area contributed by atoms with Crippen molar-refractivity contribution < 1.29 is 9.15 Å². The second kappa shape index (κ2) is 6.61. The van der Waals surface area contributed by atoms with E-state index in [9.17, 15) is 4.79 Å². The van der Waals surface area contributed by atoms with Crippen molar-refractivity contribution in [2.75, 3.05) is 6.61 Å². The van der Waals surface area contributed by atoms with E-state index in [4.69, 9.17) is 9.15 Å². The van der Waals surface area contributed by atoms with Gasteiger partial charge in [-0.25, -0.2) is 4.79 Å². The molecule has 0 unspecified atom stereocenters. The lowest BCUT2D eigenvalue weighted by Crippen LogP contribution is -2.03. The Labute approximate surface area is 125 Å². The first-order valence-corrected chi connectivity index (χ1v) is 7.34. The fourth-order valence-corrected chi connectivity index (χ4v) is 2.35. The molecule has 2 rings (SSSR count). The van der Waals surface area contributed by atoms with Gasteiger partial charge in [0.1, 0.15) is 17.9 Å². The lowest BCUT2D eigenvalue weighted by molar-refractivity contribution is 0.365. The number of aryl methyl sites for hydroxylation is 2. The monoisotopic (exact) mass is 286 g/mol. The van der Waals surface area contributed by atoms with Crippen LogP contribution in [0.1, 0.15) is 38.3 Å². The molecule has 0 saturated carbocycles. The van der Waals surface area contributed by atoms with Gasteiger partial charge >= 0.3 is 5.63 Å². The lowest BCUT2D eigenvalue weighted by Gasteiger charge is -2.12. The van der Waals surface area contributed by atoms with Crippen LogP contribution in [0.25, 0.3) is 11.0 Å². The van der Waals surface area contributed by atoms with E-state index in [1.54, 1.807) is 6.07 Å². The van der Waals surface area contributed by atoms with E-state index in [1.807, 2.05) is 39.0 Å². The Balaban J connectivity index is 2.56. The molecule has 1 aromatic carbocycles. The first-order valence-electron chi connectivity index (χ1n) is 7.34. The largest absolute Gasteiger partial charge is 0.489 e. The molecule has 1 heterocycles. The molecular formula is C18H22O3. The Kier molecular flexibility index (Phi) is 4.84. The van der Waals surface area contributed by atoms with E-state index in [-0.39, 0.29) is 5.63 Å². The first kappa shape index (κ1) is 15.4. The molecule has 0 spiro atoms. The highest BCUT2D eigenvalue weighted by Crippen LogP contribution is 2.30. The molecule has 0 aliphatic carbocycles. The van der Waals surface area contributed by atoms with Gasteiger partial charge in [0.2, 0.25) is 0 Å². The summed E-state index contributed by atoms with van der Waals surface area (Å²) < 4.78 is 11.2. The molecule has 0 atom stereocenters. The smallest absolute Gasteiger partial charge is 0.336 e. The van der Waals surface area contributed by atoms with Crippen molar-refractivity contribution in [3.05, 3.63) is 51.4 Å². The van der Waals surface area contributed by atoms with Gasteiger partial charge in [-0.3, -0.25) is 0 Å². The number of hydrogen-bond acceptors (Lipinski definition) is 3. The number of hydrogen-bond donors (Lipinski definition) is 0. The van der Waals surface area contributed by atoms with Crippen LogP contribution in [0.15, 0.2) is 39.1 Å². The van der Waals surface area contributed by atoms with E-state index in [0.717, 1.165) is 35.1 Å². The zero-order valence-corrected chi connectivity index (χ0v) is 13.2. The molecule has 0 amide bonds. The number of ether oxygens (including phenoxy) is 1. The Morgan fingerprint density at radius 2 is 2.05 bits per heavy atom. The van der Waals surface area contributed by atoms with Gasteiger partial charge in [0, 0.05) is 6.07 Å². The topological polar surface area (TPSA) is 39.4 Å². The van der Waals surface area contributed by atoms with Crippen molar-refractivity contribution in [3.8, 4) is 5.75 Å². The van der Waals surface area contributed by atoms with Crippen LogP contribution in [-0.2, 0) is 6.42 Å². The van der Waals surface area contributed by atoms with Crippen LogP contribution in [0, 0.1) is 6.92 Å². The Morgan fingerprint density at radius 3 is 2.71 bits per heavy atom. The third-order valence-corrected chi connectivity index (χ3v) is 3.28. The van der Waals surface area contributed by atoms with Gasteiger partial charge in [0.05, 0.1) is 5.39 Å². The quantitative estimate of drug-likeness (QED) is 0.604. The van der Waals surface area contributed by atoms with Crippen LogP contribution in [0.5, 0.6) is 5.75 Å². The van der Waals surface area contributed by atoms with Crippen molar-refractivity contribution in [2.45, 2.75) is 40.5 Å². The van der Waals surface area contributed by atoms with Crippen LogP contribution in [0.4, 0.5) is 0 Å². The van der Waals surface area contributed by atoms with Crippen molar-refractivity contribution in [2.24, 2.45) is 0 Å². The normalized spacial score (nSPS) is 10.7. The van der Waals surface area contributed by atoms with Gasteiger partial charge in [-0.2, -0.15) is 0 Å². The Bertz CT molecular complexity index is 719. The minimum atomic E-state index is -0.299. The molecule has 3 nitrogen and oxygen atoms in total. The molecule has 2 aromatic rings. The molecule has 112 valence electrons. The number of allylic oxidation sites excluding steroid dienone is 1. The highest BCUT2D eigenvalue weighted by molar-refractivity contribution is 5.87. The Morgan fingerprint density at radius 1 is 1.29 bits per heavy atom. The molecular weight excluding hydrogens is 264 g/mol. The summed E-state index contributed by atoms with van der Waals surface area (Å²) in [5.41, 5.74) is 3.54. The van der Waals surface area contributed by atoms with Gasteiger partial charge in [0.15, 0.2) is 0 Å². The summed E-state index contributed by atoms with van der Waals surface area (Å²) in [4.78, 5) is 11.7. The van der Waals surface area contributed by atoms with Crippen LogP contribution in [0.3, 0.4) is 0 Å². The van der Waals surface area contributed by atoms with Gasteiger partial charge in [-0.15, -0.1) is 0 Å². The van der Waals surface area contributed by atoms with Crippen molar-refractivity contribution in [1.29, 1.82) is 0 Å². The number of fused-ring (bicyclic) bond motifs is 1. The van der Waals surface area contributed by atoms with Crippen molar-refractivity contribution in [3.63, 3.8) is 0 Å². The van der Waals surface area contributed by atoms with E-state index in [1.165, 1.54) is 5.57 Å². The minimum Gasteiger partial charge on any atom is -0.489 e. The fourth-order valence-electron chi connectivity index (χ4n) is 2.35. The third kappa shape index (κ3) is 3.75. The summed E-state index contributed by atoms with van der Waals surface area (Å²) in [6.07, 6.45) is 3.84. The van der Waals surface area contributed by atoms with E-state index >= 15 is 0 Å². The lowest BCUT2D eigenvalue weighted by atomic mass is 10.0. The summed E-state index contributed by atoms with van der Waals surface area (Å²) in [7, 11) is 0. The highest BCUT2D eigenvalue weighted by Gasteiger charge is 2.12. The standard InChI is InChI=1S/C18H22O3/c1-5-6-14-11-17(19)21-16-10-13(4)9-15(18(14)16)20-8-7-12(2)3/h7,9-11H,5-6,8H2,1-4H3. The zero-order valence-electron chi connectivity index (χ0n) is 13.2. The molecule has 0 fully saturated rings. The van der Waals surface area contributed by atoms with E-state index in [0.29, 0.717) is 12.2 Å². The fraction of sp³-hybridized carbons (Fsp3) is 0.389. The van der Waals surface area contributed by atoms with E-state index < -0.39 is 0 Å². The first-order chi connectivity index (χ1) is 10.0. The summed E-state index contributed by atoms with van der Waals surface area (Å²) >= 11 is 0. The van der Waals surface area contributed by atoms with Crippen molar-refractivity contribution >= 4 is 11.0 Å². The van der Waals surface area contributed by atoms with E-state index in [2.05, 4.69) is 6.92 Å². The van der Waals surface area contributed by atoms with Gasteiger partial charge in [-0.1, -0.05) is 18.9 Å². The SMILES string of the molecule is CCCc1cc(=O)oc2cc(C)cc(OCC=C(C)C)c12. The molecule has 1 aromatic heterocycles. The molecule has 21 heavy (non-hydrogen) atoms. The predicted octanol–water partition coefficient (Wildman–Crippen LogP) is 4.40. The molecule has 0 radical (unpaired) electrons. The van der Waals surface area contributed by atoms with Crippen LogP contribution in [0.2, 0.25) is 0 Å². The minimum absolute atomic E-state index is 0.299. The van der Waals surface area contributed by atoms with Crippen LogP contribution < -0.4 is 10.4 Å². The molecule has 0 aliphatic rings. The molecule has 0 bridgehead atoms. The maximum absolute atomic E-state index is 11.7. The summed E-state index contributed by atoms with van der Waals surface area (Å²) in [5.74, 6) is 0.787. The van der Waals surface area contributed by atoms with Crippen LogP contribution >= 0.6 is 0 Å². The second-order valence-electron chi connectivity index (χ2n) is 5.57. The number of benzene rings is 1. The zero-order chi connectivity index (χ0) is 15.4. The van der Waals surface area contributed by atoms with Gasteiger partial charge in [0.25, 0.3) is 0 Å². The molecule has 0 N–H and O–H groups in total. The molecule has 0 saturated heterocycles. The highest BCUT2D eigenvalue weighted by atomic mass is 16.5. The predicted molar refractivity (Wildman–Crippen MR) is 86.1 cm³/mol. The van der Waals surface area contributed by atoms with Crippen LogP contribution in [-0.4, -0.2) is 6.61 Å². The molecule has 0 aliphatic heterocycles. The summed E-state index contributed by atoms with van der Waals surface area (Å²) in [6, 6.07) is 5.47. The van der Waals surface area contributed by atoms with Gasteiger partial charge < -0.3 is 9.15 Å². The third-order valence-electron chi connectivity index (χ3n) is 3.28. The Hall–Kier alpha value is -2.03. The molecule has 3 heteroatoms. The maximum Gasteiger partial charge on any atom is 0.336 e. The average Bonchev–Trinajstić information content (AvgIpc) is 2.37. The number of rotatable bonds is 5. The summed E-state index contributed by atoms with van der Waals surface area (Å²) in [5, 5.41) is 0.921. The maximum atomic E-state index is 11.7. The van der Waals surface area contributed by atoms with Gasteiger partial charge in [-0.05, 0) is 56.5 Å². The summed E-state index contributed by atoms with van der Waals surface area (Å²) in [6.45, 7) is 8.67. The average molecular weight is 286 g/mol. The van der Waals surface area contributed by atoms with Crippen molar-refractivity contribution in [1.82, 2.24) is 0 Å².